The van der Waals surface area contributed by atoms with E-state index in [0.717, 1.165) is 0 Å². The van der Waals surface area contributed by atoms with Crippen LogP contribution in [0.25, 0.3) is 0 Å². The molecule has 1 aliphatic heterocycles. The van der Waals surface area contributed by atoms with E-state index in [2.05, 4.69) is 10.6 Å². The van der Waals surface area contributed by atoms with Crippen LogP contribution in [-0.4, -0.2) is 56.9 Å². The maximum Gasteiger partial charge on any atom is 0.308 e. The van der Waals surface area contributed by atoms with Crippen LogP contribution in [0.4, 0.5) is 0 Å². The quantitative estimate of drug-likeness (QED) is 0.521. The summed E-state index contributed by atoms with van der Waals surface area (Å²) in [4.78, 5) is 34.7. The van der Waals surface area contributed by atoms with Crippen LogP contribution in [0.2, 0.25) is 0 Å². The molecule has 0 aromatic heterocycles. The molecule has 142 valence electrons. The molecule has 0 bridgehead atoms. The van der Waals surface area contributed by atoms with E-state index in [0.29, 0.717) is 6.54 Å². The number of hydrogen-bond donors (Lipinski definition) is 2. The maximum absolute atomic E-state index is 12.4. The highest BCUT2D eigenvalue weighted by Crippen LogP contribution is 2.25. The summed E-state index contributed by atoms with van der Waals surface area (Å²) in [6.45, 7) is 2.95. The van der Waals surface area contributed by atoms with Gasteiger partial charge < -0.3 is 20.1 Å². The molecular formula is C16H20N2O7S. The van der Waals surface area contributed by atoms with E-state index < -0.39 is 32.9 Å². The van der Waals surface area contributed by atoms with Gasteiger partial charge >= 0.3 is 11.9 Å². The first kappa shape index (κ1) is 19.9. The van der Waals surface area contributed by atoms with Gasteiger partial charge in [0.25, 0.3) is 5.91 Å². The van der Waals surface area contributed by atoms with Crippen molar-refractivity contribution in [1.29, 1.82) is 0 Å². The third kappa shape index (κ3) is 5.27. The first-order chi connectivity index (χ1) is 12.2. The molecule has 1 aromatic rings. The number of benzene rings is 1. The van der Waals surface area contributed by atoms with E-state index in [1.54, 1.807) is 0 Å². The number of ether oxygens (including phenoxy) is 2. The van der Waals surface area contributed by atoms with Gasteiger partial charge in [-0.3, -0.25) is 14.4 Å². The third-order valence-corrected chi connectivity index (χ3v) is 5.77. The van der Waals surface area contributed by atoms with Crippen LogP contribution in [0.15, 0.2) is 18.2 Å². The van der Waals surface area contributed by atoms with Gasteiger partial charge in [0.2, 0.25) is 0 Å². The van der Waals surface area contributed by atoms with E-state index in [1.807, 2.05) is 0 Å². The normalized spacial score (nSPS) is 18.6. The predicted molar refractivity (Wildman–Crippen MR) is 91.8 cm³/mol. The monoisotopic (exact) mass is 384 g/mol. The van der Waals surface area contributed by atoms with Crippen LogP contribution in [-0.2, 0) is 19.4 Å². The molecule has 1 heterocycles. The lowest BCUT2D eigenvalue weighted by atomic mass is 10.1. The molecule has 2 rings (SSSR count). The van der Waals surface area contributed by atoms with Gasteiger partial charge in [-0.05, 0) is 12.1 Å². The molecule has 0 spiro atoms. The minimum atomic E-state index is -3.27. The summed E-state index contributed by atoms with van der Waals surface area (Å²) in [7, 11) is -3.27. The molecule has 1 fully saturated rings. The molecule has 9 nitrogen and oxygen atoms in total. The van der Waals surface area contributed by atoms with E-state index >= 15 is 0 Å². The smallest absolute Gasteiger partial charge is 0.308 e. The Morgan fingerprint density at radius 1 is 1.19 bits per heavy atom. The average molecular weight is 384 g/mol. The van der Waals surface area contributed by atoms with Crippen molar-refractivity contribution < 1.29 is 32.3 Å². The minimum absolute atomic E-state index is 0.0172. The highest BCUT2D eigenvalue weighted by atomic mass is 32.2. The summed E-state index contributed by atoms with van der Waals surface area (Å²) in [5, 5.41) is 4.79. The maximum atomic E-state index is 12.4. The number of hydrogen-bond acceptors (Lipinski definition) is 8. The molecule has 10 heteroatoms. The first-order valence-corrected chi connectivity index (χ1v) is 9.62. The number of carbonyl (C=O) groups excluding carboxylic acids is 3. The summed E-state index contributed by atoms with van der Waals surface area (Å²) in [5.74, 6) is -1.77. The average Bonchev–Trinajstić information content (AvgIpc) is 2.52. The molecule has 1 atom stereocenters. The van der Waals surface area contributed by atoms with Crippen molar-refractivity contribution in [2.45, 2.75) is 19.1 Å². The molecule has 1 unspecified atom stereocenters. The van der Waals surface area contributed by atoms with Crippen LogP contribution < -0.4 is 20.1 Å². The molecule has 26 heavy (non-hydrogen) atoms. The summed E-state index contributed by atoms with van der Waals surface area (Å²) in [6, 6.07) is 3.96. The van der Waals surface area contributed by atoms with Gasteiger partial charge in [0.15, 0.2) is 9.84 Å². The number of amides is 1. The second-order valence-corrected chi connectivity index (χ2v) is 8.15. The summed E-state index contributed by atoms with van der Waals surface area (Å²) >= 11 is 0. The van der Waals surface area contributed by atoms with Crippen molar-refractivity contribution in [3.05, 3.63) is 23.8 Å². The lowest BCUT2D eigenvalue weighted by molar-refractivity contribution is -0.132. The Labute approximate surface area is 151 Å². The van der Waals surface area contributed by atoms with Crippen molar-refractivity contribution in [3.8, 4) is 11.5 Å². The molecule has 0 saturated carbocycles. The fraction of sp³-hybridized carbons (Fsp3) is 0.438. The molecule has 1 amide bonds. The highest BCUT2D eigenvalue weighted by molar-refractivity contribution is 7.92. The Morgan fingerprint density at radius 2 is 1.88 bits per heavy atom. The molecule has 2 N–H and O–H groups in total. The van der Waals surface area contributed by atoms with Gasteiger partial charge in [0.1, 0.15) is 11.5 Å². The van der Waals surface area contributed by atoms with Crippen LogP contribution in [0, 0.1) is 0 Å². The predicted octanol–water partition coefficient (Wildman–Crippen LogP) is -0.346. The SMILES string of the molecule is CC(=O)Oc1ccc(C(=O)NCC2CNCCS2(=O)=O)c(OC(C)=O)c1. The second-order valence-electron chi connectivity index (χ2n) is 5.75. The molecule has 0 aliphatic carbocycles. The van der Waals surface area contributed by atoms with Gasteiger partial charge in [-0.25, -0.2) is 8.42 Å². The van der Waals surface area contributed by atoms with E-state index in [1.165, 1.54) is 32.0 Å². The molecule has 1 aromatic carbocycles. The van der Waals surface area contributed by atoms with Crippen molar-refractivity contribution in [3.63, 3.8) is 0 Å². The zero-order valence-electron chi connectivity index (χ0n) is 14.4. The van der Waals surface area contributed by atoms with Crippen molar-refractivity contribution in [1.82, 2.24) is 10.6 Å². The second kappa shape index (κ2) is 8.28. The van der Waals surface area contributed by atoms with E-state index in [4.69, 9.17) is 9.47 Å². The summed E-state index contributed by atoms with van der Waals surface area (Å²) in [5.41, 5.74) is 0.0252. The first-order valence-electron chi connectivity index (χ1n) is 7.90. The van der Waals surface area contributed by atoms with Crippen LogP contribution >= 0.6 is 0 Å². The van der Waals surface area contributed by atoms with Gasteiger partial charge in [-0.15, -0.1) is 0 Å². The number of carbonyl (C=O) groups is 3. The zero-order valence-corrected chi connectivity index (χ0v) is 15.2. The fourth-order valence-corrected chi connectivity index (χ4v) is 3.90. The number of esters is 2. The number of nitrogens with one attached hydrogen (secondary N) is 2. The minimum Gasteiger partial charge on any atom is -0.427 e. The molecule has 1 saturated heterocycles. The topological polar surface area (TPSA) is 128 Å². The Hall–Kier alpha value is -2.46. The largest absolute Gasteiger partial charge is 0.427 e. The lowest BCUT2D eigenvalue weighted by Gasteiger charge is -2.23. The van der Waals surface area contributed by atoms with Crippen molar-refractivity contribution in [2.24, 2.45) is 0 Å². The Balaban J connectivity index is 2.16. The molecule has 1 aliphatic rings. The van der Waals surface area contributed by atoms with E-state index in [9.17, 15) is 22.8 Å². The van der Waals surface area contributed by atoms with Crippen LogP contribution in [0.1, 0.15) is 24.2 Å². The van der Waals surface area contributed by atoms with Crippen LogP contribution in [0.5, 0.6) is 11.5 Å². The third-order valence-electron chi connectivity index (χ3n) is 3.65. The number of sulfone groups is 1. The van der Waals surface area contributed by atoms with E-state index in [-0.39, 0.29) is 35.9 Å². The van der Waals surface area contributed by atoms with Crippen molar-refractivity contribution >= 4 is 27.7 Å². The van der Waals surface area contributed by atoms with Gasteiger partial charge in [0.05, 0.1) is 16.6 Å². The Bertz CT molecular complexity index is 820. The lowest BCUT2D eigenvalue weighted by Crippen LogP contribution is -2.49. The van der Waals surface area contributed by atoms with Crippen molar-refractivity contribution in [2.75, 3.05) is 25.4 Å². The Kier molecular flexibility index (Phi) is 6.32. The van der Waals surface area contributed by atoms with Gasteiger partial charge in [-0.1, -0.05) is 0 Å². The highest BCUT2D eigenvalue weighted by Gasteiger charge is 2.29. The van der Waals surface area contributed by atoms with Gasteiger partial charge in [0, 0.05) is 39.5 Å². The number of rotatable bonds is 5. The zero-order chi connectivity index (χ0) is 19.3. The molecule has 0 radical (unpaired) electrons. The summed E-state index contributed by atoms with van der Waals surface area (Å²) < 4.78 is 33.9. The van der Waals surface area contributed by atoms with Crippen LogP contribution in [0.3, 0.4) is 0 Å². The standard InChI is InChI=1S/C16H20N2O7S/c1-10(19)24-12-3-4-14(15(7-12)25-11(2)20)16(21)18-9-13-8-17-5-6-26(13,22)23/h3-4,7,13,17H,5-6,8-9H2,1-2H3,(H,18,21). The molecular weight excluding hydrogens is 364 g/mol. The fourth-order valence-electron chi connectivity index (χ4n) is 2.43. The Morgan fingerprint density at radius 3 is 2.50 bits per heavy atom. The summed E-state index contributed by atoms with van der Waals surface area (Å²) in [6.07, 6.45) is 0. The van der Waals surface area contributed by atoms with Gasteiger partial charge in [-0.2, -0.15) is 0 Å².